The number of carbonyl (C=O) groups excluding carboxylic acids is 2. The third kappa shape index (κ3) is 4.10. The Morgan fingerprint density at radius 1 is 1.04 bits per heavy atom. The van der Waals surface area contributed by atoms with Gasteiger partial charge in [0.05, 0.1) is 9.75 Å². The van der Waals surface area contributed by atoms with E-state index >= 15 is 0 Å². The average molecular weight is 342 g/mol. The molecule has 1 N–H and O–H groups in total. The summed E-state index contributed by atoms with van der Waals surface area (Å²) < 4.78 is 0. The molecule has 0 atom stereocenters. The van der Waals surface area contributed by atoms with Gasteiger partial charge in [0.2, 0.25) is 0 Å². The highest BCUT2D eigenvalue weighted by Gasteiger charge is 2.15. The number of likely N-dealkylation sites (tertiary alicyclic amines) is 1. The van der Waals surface area contributed by atoms with Crippen LogP contribution in [-0.4, -0.2) is 29.7 Å². The van der Waals surface area contributed by atoms with Crippen LogP contribution in [0.2, 0.25) is 0 Å². The van der Waals surface area contributed by atoms with Crippen molar-refractivity contribution >= 4 is 23.0 Å². The van der Waals surface area contributed by atoms with Crippen LogP contribution in [0.5, 0.6) is 0 Å². The van der Waals surface area contributed by atoms with Gasteiger partial charge in [-0.05, 0) is 56.1 Å². The molecule has 1 saturated heterocycles. The molecule has 0 unspecified atom stereocenters. The van der Waals surface area contributed by atoms with Gasteiger partial charge in [-0.1, -0.05) is 24.3 Å². The molecule has 2 heterocycles. The van der Waals surface area contributed by atoms with E-state index in [4.69, 9.17) is 0 Å². The van der Waals surface area contributed by atoms with Crippen molar-refractivity contribution in [3.63, 3.8) is 0 Å². The van der Waals surface area contributed by atoms with Crippen LogP contribution in [0.25, 0.3) is 0 Å². The highest BCUT2D eigenvalue weighted by molar-refractivity contribution is 7.15. The molecule has 0 radical (unpaired) electrons. The number of nitrogens with one attached hydrogen (secondary N) is 1. The molecule has 0 aliphatic carbocycles. The summed E-state index contributed by atoms with van der Waals surface area (Å²) in [6, 6.07) is 11.7. The monoisotopic (exact) mass is 342 g/mol. The second-order valence-electron chi connectivity index (χ2n) is 6.15. The minimum Gasteiger partial charge on any atom is -0.347 e. The third-order valence-corrected chi connectivity index (χ3v) is 5.51. The van der Waals surface area contributed by atoms with Crippen molar-refractivity contribution in [1.29, 1.82) is 0 Å². The second kappa shape index (κ2) is 7.73. The molecule has 1 aliphatic rings. The number of hydrogen-bond donors (Lipinski definition) is 1. The zero-order chi connectivity index (χ0) is 16.9. The van der Waals surface area contributed by atoms with Crippen LogP contribution in [0, 0.1) is 0 Å². The van der Waals surface area contributed by atoms with Gasteiger partial charge in [-0.3, -0.25) is 14.5 Å². The Balaban J connectivity index is 1.63. The number of hydrogen-bond acceptors (Lipinski definition) is 4. The lowest BCUT2D eigenvalue weighted by atomic mass is 10.1. The number of amides is 1. The fourth-order valence-corrected chi connectivity index (χ4v) is 3.80. The molecular formula is C19H22N2O2S. The van der Waals surface area contributed by atoms with Gasteiger partial charge in [-0.15, -0.1) is 11.3 Å². The lowest BCUT2D eigenvalue weighted by Gasteiger charge is -2.17. The predicted molar refractivity (Wildman–Crippen MR) is 96.4 cm³/mol. The maximum Gasteiger partial charge on any atom is 0.261 e. The average Bonchev–Trinajstić information content (AvgIpc) is 3.25. The number of carbonyl (C=O) groups is 2. The molecule has 1 aliphatic heterocycles. The topological polar surface area (TPSA) is 49.4 Å². The SMILES string of the molecule is CC(=O)c1ccc(C(=O)NCc2ccccc2CN2CCCC2)s1. The summed E-state index contributed by atoms with van der Waals surface area (Å²) >= 11 is 1.24. The quantitative estimate of drug-likeness (QED) is 0.818. The fraction of sp³-hybridized carbons (Fsp3) is 0.368. The van der Waals surface area contributed by atoms with E-state index < -0.39 is 0 Å². The van der Waals surface area contributed by atoms with Crippen LogP contribution < -0.4 is 5.32 Å². The molecule has 5 heteroatoms. The largest absolute Gasteiger partial charge is 0.347 e. The highest BCUT2D eigenvalue weighted by Crippen LogP contribution is 2.18. The van der Waals surface area contributed by atoms with Crippen molar-refractivity contribution < 1.29 is 9.59 Å². The molecule has 2 aromatic rings. The van der Waals surface area contributed by atoms with Crippen LogP contribution in [-0.2, 0) is 13.1 Å². The van der Waals surface area contributed by atoms with Crippen LogP contribution in [0.1, 0.15) is 50.2 Å². The van der Waals surface area contributed by atoms with E-state index in [1.807, 2.05) is 6.07 Å². The van der Waals surface area contributed by atoms with Gasteiger partial charge in [-0.2, -0.15) is 0 Å². The molecule has 0 spiro atoms. The van der Waals surface area contributed by atoms with E-state index in [2.05, 4.69) is 28.4 Å². The molecule has 0 saturated carbocycles. The van der Waals surface area contributed by atoms with E-state index in [0.717, 1.165) is 25.2 Å². The van der Waals surface area contributed by atoms with Gasteiger partial charge in [0.25, 0.3) is 5.91 Å². The Bertz CT molecular complexity index is 732. The van der Waals surface area contributed by atoms with Gasteiger partial charge < -0.3 is 5.32 Å². The lowest BCUT2D eigenvalue weighted by Crippen LogP contribution is -2.24. The molecule has 1 fully saturated rings. The number of benzene rings is 1. The predicted octanol–water partition coefficient (Wildman–Crippen LogP) is 3.48. The Morgan fingerprint density at radius 3 is 2.38 bits per heavy atom. The minimum absolute atomic E-state index is 0.00462. The first-order valence-corrected chi connectivity index (χ1v) is 9.13. The Hall–Kier alpha value is -1.98. The lowest BCUT2D eigenvalue weighted by molar-refractivity contribution is 0.0954. The van der Waals surface area contributed by atoms with Gasteiger partial charge >= 0.3 is 0 Å². The van der Waals surface area contributed by atoms with Crippen molar-refractivity contribution in [1.82, 2.24) is 10.2 Å². The summed E-state index contributed by atoms with van der Waals surface area (Å²) in [7, 11) is 0. The van der Waals surface area contributed by atoms with Crippen LogP contribution in [0.4, 0.5) is 0 Å². The fourth-order valence-electron chi connectivity index (χ4n) is 2.98. The Kier molecular flexibility index (Phi) is 5.43. The number of ketones is 1. The number of thiophene rings is 1. The molecule has 4 nitrogen and oxygen atoms in total. The highest BCUT2D eigenvalue weighted by atomic mass is 32.1. The van der Waals surface area contributed by atoms with Crippen molar-refractivity contribution in [2.45, 2.75) is 32.9 Å². The standard InChI is InChI=1S/C19H22N2O2S/c1-14(22)17-8-9-18(24-17)19(23)20-12-15-6-2-3-7-16(15)13-21-10-4-5-11-21/h2-3,6-9H,4-5,10-13H2,1H3,(H,20,23). The first kappa shape index (κ1) is 16.9. The maximum atomic E-state index is 12.3. The number of nitrogens with zero attached hydrogens (tertiary/aromatic N) is 1. The Morgan fingerprint density at radius 2 is 1.71 bits per heavy atom. The third-order valence-electron chi connectivity index (χ3n) is 4.33. The first-order valence-electron chi connectivity index (χ1n) is 8.31. The number of Topliss-reactive ketones (excluding diaryl/α,β-unsaturated/α-hetero) is 1. The van der Waals surface area contributed by atoms with Gasteiger partial charge in [-0.25, -0.2) is 0 Å². The summed E-state index contributed by atoms with van der Waals surface area (Å²) in [6.45, 7) is 5.28. The number of rotatable bonds is 6. The molecule has 0 bridgehead atoms. The summed E-state index contributed by atoms with van der Waals surface area (Å²) in [5, 5.41) is 2.97. The van der Waals surface area contributed by atoms with Crippen molar-refractivity contribution in [2.75, 3.05) is 13.1 Å². The summed E-state index contributed by atoms with van der Waals surface area (Å²) in [5.41, 5.74) is 2.43. The van der Waals surface area contributed by atoms with Crippen LogP contribution >= 0.6 is 11.3 Å². The molecular weight excluding hydrogens is 320 g/mol. The Labute approximate surface area is 146 Å². The normalized spacial score (nSPS) is 14.7. The molecule has 24 heavy (non-hydrogen) atoms. The molecule has 3 rings (SSSR count). The van der Waals surface area contributed by atoms with E-state index in [1.54, 1.807) is 12.1 Å². The van der Waals surface area contributed by atoms with Gasteiger partial charge in [0.1, 0.15) is 0 Å². The molecule has 1 amide bonds. The van der Waals surface area contributed by atoms with Crippen molar-refractivity contribution in [3.8, 4) is 0 Å². The summed E-state index contributed by atoms with van der Waals surface area (Å²) in [5.74, 6) is -0.126. The van der Waals surface area contributed by atoms with E-state index in [1.165, 1.54) is 36.7 Å². The summed E-state index contributed by atoms with van der Waals surface area (Å²) in [6.07, 6.45) is 2.55. The van der Waals surface area contributed by atoms with E-state index in [-0.39, 0.29) is 11.7 Å². The smallest absolute Gasteiger partial charge is 0.261 e. The maximum absolute atomic E-state index is 12.3. The van der Waals surface area contributed by atoms with Crippen LogP contribution in [0.3, 0.4) is 0 Å². The molecule has 1 aromatic carbocycles. The molecule has 126 valence electrons. The zero-order valence-electron chi connectivity index (χ0n) is 13.9. The van der Waals surface area contributed by atoms with Gasteiger partial charge in [0.15, 0.2) is 5.78 Å². The minimum atomic E-state index is -0.122. The second-order valence-corrected chi connectivity index (χ2v) is 7.24. The van der Waals surface area contributed by atoms with Crippen molar-refractivity contribution in [2.24, 2.45) is 0 Å². The summed E-state index contributed by atoms with van der Waals surface area (Å²) in [4.78, 5) is 27.3. The van der Waals surface area contributed by atoms with E-state index in [0.29, 0.717) is 16.3 Å². The molecule has 1 aromatic heterocycles. The van der Waals surface area contributed by atoms with Crippen LogP contribution in [0.15, 0.2) is 36.4 Å². The first-order chi connectivity index (χ1) is 11.6. The van der Waals surface area contributed by atoms with Crippen molar-refractivity contribution in [3.05, 3.63) is 57.3 Å². The van der Waals surface area contributed by atoms with E-state index in [9.17, 15) is 9.59 Å². The van der Waals surface area contributed by atoms with Gasteiger partial charge in [0, 0.05) is 13.1 Å². The zero-order valence-corrected chi connectivity index (χ0v) is 14.7.